The van der Waals surface area contributed by atoms with Gasteiger partial charge in [0.15, 0.2) is 0 Å². The van der Waals surface area contributed by atoms with E-state index in [-0.39, 0.29) is 16.5 Å². The smallest absolute Gasteiger partial charge is 0.277 e. The van der Waals surface area contributed by atoms with Gasteiger partial charge in [0.2, 0.25) is 5.91 Å². The largest absolute Gasteiger partial charge is 0.326 e. The van der Waals surface area contributed by atoms with E-state index in [1.165, 1.54) is 6.92 Å². The van der Waals surface area contributed by atoms with Gasteiger partial charge in [-0.05, 0) is 54.8 Å². The Hall–Kier alpha value is -2.92. The number of hydrogen-bond donors (Lipinski definition) is 1. The van der Waals surface area contributed by atoms with Gasteiger partial charge in [0.1, 0.15) is 5.03 Å². The molecular formula is C20H17ClN2O3. The van der Waals surface area contributed by atoms with E-state index in [0.717, 1.165) is 16.0 Å². The molecule has 0 fully saturated rings. The van der Waals surface area contributed by atoms with Gasteiger partial charge in [-0.2, -0.15) is 0 Å². The second-order valence-corrected chi connectivity index (χ2v) is 6.62. The van der Waals surface area contributed by atoms with Crippen LogP contribution in [0.25, 0.3) is 5.57 Å². The number of imide groups is 1. The molecule has 2 aromatic rings. The summed E-state index contributed by atoms with van der Waals surface area (Å²) in [5.41, 5.74) is 3.68. The first kappa shape index (κ1) is 17.9. The van der Waals surface area contributed by atoms with E-state index in [1.807, 2.05) is 19.9 Å². The molecule has 0 spiro atoms. The Bertz CT molecular complexity index is 941. The second kappa shape index (κ2) is 6.77. The van der Waals surface area contributed by atoms with Gasteiger partial charge in [0.25, 0.3) is 11.8 Å². The molecule has 1 N–H and O–H groups in total. The average Bonchev–Trinajstić information content (AvgIpc) is 2.76. The van der Waals surface area contributed by atoms with Gasteiger partial charge in [-0.3, -0.25) is 14.4 Å². The Labute approximate surface area is 156 Å². The van der Waals surface area contributed by atoms with Crippen molar-refractivity contribution in [2.75, 3.05) is 10.2 Å². The van der Waals surface area contributed by atoms with E-state index in [9.17, 15) is 14.4 Å². The minimum absolute atomic E-state index is 0.110. The molecule has 0 aromatic heterocycles. The maximum atomic E-state index is 12.9. The monoisotopic (exact) mass is 368 g/mol. The molecule has 2 aromatic carbocycles. The molecule has 6 heteroatoms. The summed E-state index contributed by atoms with van der Waals surface area (Å²) in [6, 6.07) is 12.1. The first-order valence-electron chi connectivity index (χ1n) is 8.03. The molecule has 0 bridgehead atoms. The van der Waals surface area contributed by atoms with E-state index in [1.54, 1.807) is 36.4 Å². The Balaban J connectivity index is 1.97. The van der Waals surface area contributed by atoms with Crippen LogP contribution in [-0.2, 0) is 14.4 Å². The number of carbonyl (C=O) groups is 3. The minimum atomic E-state index is -0.539. The summed E-state index contributed by atoms with van der Waals surface area (Å²) >= 11 is 6.20. The molecule has 5 nitrogen and oxygen atoms in total. The third-order valence-electron chi connectivity index (χ3n) is 3.99. The van der Waals surface area contributed by atoms with Gasteiger partial charge in [-0.1, -0.05) is 29.8 Å². The van der Waals surface area contributed by atoms with E-state index in [0.29, 0.717) is 16.9 Å². The van der Waals surface area contributed by atoms with Crippen molar-refractivity contribution in [3.8, 4) is 0 Å². The maximum absolute atomic E-state index is 12.9. The summed E-state index contributed by atoms with van der Waals surface area (Å²) in [5, 5.41) is 2.54. The Morgan fingerprint density at radius 1 is 0.962 bits per heavy atom. The zero-order chi connectivity index (χ0) is 19.0. The van der Waals surface area contributed by atoms with Crippen LogP contribution in [0.3, 0.4) is 0 Å². The molecule has 3 rings (SSSR count). The first-order valence-corrected chi connectivity index (χ1v) is 8.40. The third-order valence-corrected chi connectivity index (χ3v) is 4.34. The number of nitrogens with zero attached hydrogens (tertiary/aromatic N) is 1. The number of aryl methyl sites for hydroxylation is 2. The number of halogens is 1. The summed E-state index contributed by atoms with van der Waals surface area (Å²) in [6.45, 7) is 5.21. The van der Waals surface area contributed by atoms with Crippen LogP contribution in [-0.4, -0.2) is 17.7 Å². The van der Waals surface area contributed by atoms with Crippen molar-refractivity contribution in [2.45, 2.75) is 20.8 Å². The van der Waals surface area contributed by atoms with Gasteiger partial charge >= 0.3 is 0 Å². The fourth-order valence-corrected chi connectivity index (χ4v) is 3.27. The van der Waals surface area contributed by atoms with E-state index >= 15 is 0 Å². The topological polar surface area (TPSA) is 66.5 Å². The van der Waals surface area contributed by atoms with Crippen molar-refractivity contribution >= 4 is 46.3 Å². The van der Waals surface area contributed by atoms with Crippen molar-refractivity contribution in [1.82, 2.24) is 0 Å². The Morgan fingerprint density at radius 2 is 1.54 bits per heavy atom. The molecule has 0 unspecified atom stereocenters. The fraction of sp³-hybridized carbons (Fsp3) is 0.150. The van der Waals surface area contributed by atoms with Crippen LogP contribution in [0.2, 0.25) is 0 Å². The summed E-state index contributed by atoms with van der Waals surface area (Å²) in [7, 11) is 0. The lowest BCUT2D eigenvalue weighted by Crippen LogP contribution is -2.31. The molecule has 132 valence electrons. The number of benzene rings is 2. The SMILES string of the molecule is CC(=O)Nc1ccc(C2=C(Cl)C(=O)N(c3cc(C)cc(C)c3)C2=O)cc1. The third kappa shape index (κ3) is 3.26. The number of nitrogens with one attached hydrogen (secondary N) is 1. The molecule has 0 radical (unpaired) electrons. The first-order chi connectivity index (χ1) is 12.3. The number of rotatable bonds is 3. The summed E-state index contributed by atoms with van der Waals surface area (Å²) in [4.78, 5) is 37.7. The minimum Gasteiger partial charge on any atom is -0.326 e. The van der Waals surface area contributed by atoms with Gasteiger partial charge in [-0.15, -0.1) is 0 Å². The molecule has 1 aliphatic rings. The zero-order valence-electron chi connectivity index (χ0n) is 14.6. The number of anilines is 2. The standard InChI is InChI=1S/C20H17ClN2O3/c1-11-8-12(2)10-16(9-11)23-19(25)17(18(21)20(23)26)14-4-6-15(7-5-14)22-13(3)24/h4-10H,1-3H3,(H,22,24). The van der Waals surface area contributed by atoms with Gasteiger partial charge in [0, 0.05) is 12.6 Å². The van der Waals surface area contributed by atoms with Crippen LogP contribution < -0.4 is 10.2 Å². The maximum Gasteiger partial charge on any atom is 0.277 e. The van der Waals surface area contributed by atoms with Crippen molar-refractivity contribution in [2.24, 2.45) is 0 Å². The number of amides is 3. The molecule has 1 aliphatic heterocycles. The average molecular weight is 369 g/mol. The van der Waals surface area contributed by atoms with E-state index < -0.39 is 11.8 Å². The van der Waals surface area contributed by atoms with Crippen molar-refractivity contribution in [3.05, 3.63) is 64.2 Å². The predicted molar refractivity (Wildman–Crippen MR) is 102 cm³/mol. The van der Waals surface area contributed by atoms with Crippen LogP contribution >= 0.6 is 11.6 Å². The van der Waals surface area contributed by atoms with Gasteiger partial charge in [-0.25, -0.2) is 4.90 Å². The van der Waals surface area contributed by atoms with E-state index in [2.05, 4.69) is 5.32 Å². The highest BCUT2D eigenvalue weighted by molar-refractivity contribution is 6.60. The highest BCUT2D eigenvalue weighted by atomic mass is 35.5. The van der Waals surface area contributed by atoms with Gasteiger partial charge < -0.3 is 5.32 Å². The molecular weight excluding hydrogens is 352 g/mol. The number of carbonyl (C=O) groups excluding carboxylic acids is 3. The molecule has 26 heavy (non-hydrogen) atoms. The summed E-state index contributed by atoms with van der Waals surface area (Å²) < 4.78 is 0. The van der Waals surface area contributed by atoms with Crippen molar-refractivity contribution in [3.63, 3.8) is 0 Å². The van der Waals surface area contributed by atoms with Crippen LogP contribution in [0.15, 0.2) is 47.5 Å². The van der Waals surface area contributed by atoms with Crippen LogP contribution in [0, 0.1) is 13.8 Å². The highest BCUT2D eigenvalue weighted by Gasteiger charge is 2.39. The normalized spacial score (nSPS) is 14.2. The number of hydrogen-bond acceptors (Lipinski definition) is 3. The van der Waals surface area contributed by atoms with Gasteiger partial charge in [0.05, 0.1) is 11.3 Å². The fourth-order valence-electron chi connectivity index (χ4n) is 2.99. The van der Waals surface area contributed by atoms with Crippen LogP contribution in [0.1, 0.15) is 23.6 Å². The summed E-state index contributed by atoms with van der Waals surface area (Å²) in [6.07, 6.45) is 0. The molecule has 0 saturated heterocycles. The van der Waals surface area contributed by atoms with Crippen molar-refractivity contribution < 1.29 is 14.4 Å². The second-order valence-electron chi connectivity index (χ2n) is 6.24. The zero-order valence-corrected chi connectivity index (χ0v) is 15.3. The quantitative estimate of drug-likeness (QED) is 0.838. The Morgan fingerprint density at radius 3 is 2.08 bits per heavy atom. The Kier molecular flexibility index (Phi) is 4.66. The molecule has 0 saturated carbocycles. The van der Waals surface area contributed by atoms with Crippen LogP contribution in [0.5, 0.6) is 0 Å². The molecule has 0 atom stereocenters. The lowest BCUT2D eigenvalue weighted by atomic mass is 10.1. The molecule has 3 amide bonds. The molecule has 0 aliphatic carbocycles. The summed E-state index contributed by atoms with van der Waals surface area (Å²) in [5.74, 6) is -1.19. The predicted octanol–water partition coefficient (Wildman–Crippen LogP) is 3.79. The lowest BCUT2D eigenvalue weighted by molar-refractivity contribution is -0.120. The highest BCUT2D eigenvalue weighted by Crippen LogP contribution is 2.35. The van der Waals surface area contributed by atoms with E-state index in [4.69, 9.17) is 11.6 Å². The lowest BCUT2D eigenvalue weighted by Gasteiger charge is -2.16. The van der Waals surface area contributed by atoms with Crippen LogP contribution in [0.4, 0.5) is 11.4 Å². The molecule has 1 heterocycles. The van der Waals surface area contributed by atoms with Crippen molar-refractivity contribution in [1.29, 1.82) is 0 Å².